The molecule has 3 rings (SSSR count). The van der Waals surface area contributed by atoms with E-state index < -0.39 is 14.6 Å². The molecule has 30 heavy (non-hydrogen) atoms. The quantitative estimate of drug-likeness (QED) is 0.743. The minimum atomic E-state index is -3.43. The van der Waals surface area contributed by atoms with Gasteiger partial charge in [-0.25, -0.2) is 13.4 Å². The van der Waals surface area contributed by atoms with Gasteiger partial charge in [-0.2, -0.15) is 10.2 Å². The summed E-state index contributed by atoms with van der Waals surface area (Å²) in [6, 6.07) is 1.96. The van der Waals surface area contributed by atoms with Crippen LogP contribution in [0, 0.1) is 5.92 Å². The Morgan fingerprint density at radius 3 is 2.33 bits per heavy atom. The first-order valence-electron chi connectivity index (χ1n) is 10.6. The van der Waals surface area contributed by atoms with Gasteiger partial charge in [-0.1, -0.05) is 20.8 Å². The van der Waals surface area contributed by atoms with Crippen molar-refractivity contribution in [3.8, 4) is 11.5 Å². The standard InChI is InChI=1S/C21H35N5O3S/c1-20(2,3)17-12-16(26(6)25-17)18-22-19(24-23-18)21(4,5)30(27,28)13-14-8-10-15(29-7)11-9-14/h12,14-15H,8-11,13H2,1-7H3,(H,22,23,24). The SMILES string of the molecule is COC1CCC(CS(=O)(=O)C(C)(C)c2nc(-c3cc(C(C)(C)C)nn3C)n[nH]2)CC1. The van der Waals surface area contributed by atoms with Crippen LogP contribution < -0.4 is 0 Å². The summed E-state index contributed by atoms with van der Waals surface area (Å²) in [5.74, 6) is 1.14. The fourth-order valence-corrected chi connectivity index (χ4v) is 5.65. The Morgan fingerprint density at radius 1 is 1.17 bits per heavy atom. The minimum Gasteiger partial charge on any atom is -0.381 e. The lowest BCUT2D eigenvalue weighted by molar-refractivity contribution is 0.0596. The van der Waals surface area contributed by atoms with Gasteiger partial charge in [0.05, 0.1) is 17.6 Å². The van der Waals surface area contributed by atoms with E-state index in [1.165, 1.54) is 0 Å². The van der Waals surface area contributed by atoms with Crippen molar-refractivity contribution in [3.05, 3.63) is 17.6 Å². The van der Waals surface area contributed by atoms with E-state index in [1.807, 2.05) is 13.1 Å². The first-order chi connectivity index (χ1) is 13.8. The first-order valence-corrected chi connectivity index (χ1v) is 12.2. The summed E-state index contributed by atoms with van der Waals surface area (Å²) in [5.41, 5.74) is 1.60. The highest BCUT2D eigenvalue weighted by Gasteiger charge is 2.41. The molecule has 168 valence electrons. The number of ether oxygens (including phenoxy) is 1. The molecule has 2 aromatic heterocycles. The van der Waals surface area contributed by atoms with Gasteiger partial charge in [0.15, 0.2) is 15.7 Å². The topological polar surface area (TPSA) is 103 Å². The van der Waals surface area contributed by atoms with Crippen LogP contribution in [-0.2, 0) is 31.8 Å². The van der Waals surface area contributed by atoms with Crippen LogP contribution in [0.25, 0.3) is 11.5 Å². The van der Waals surface area contributed by atoms with Crippen molar-refractivity contribution >= 4 is 9.84 Å². The number of rotatable bonds is 6. The van der Waals surface area contributed by atoms with E-state index in [9.17, 15) is 8.42 Å². The summed E-state index contributed by atoms with van der Waals surface area (Å²) in [6.45, 7) is 9.70. The third kappa shape index (κ3) is 4.46. The highest BCUT2D eigenvalue weighted by Crippen LogP contribution is 2.34. The maximum absolute atomic E-state index is 13.3. The van der Waals surface area contributed by atoms with Gasteiger partial charge in [0, 0.05) is 19.6 Å². The smallest absolute Gasteiger partial charge is 0.199 e. The maximum atomic E-state index is 13.3. The van der Waals surface area contributed by atoms with Crippen molar-refractivity contribution < 1.29 is 13.2 Å². The van der Waals surface area contributed by atoms with Crippen LogP contribution in [0.3, 0.4) is 0 Å². The van der Waals surface area contributed by atoms with Crippen LogP contribution in [0.1, 0.15) is 71.8 Å². The molecule has 0 aliphatic heterocycles. The number of methoxy groups -OCH3 is 1. The van der Waals surface area contributed by atoms with Crippen LogP contribution in [0.2, 0.25) is 0 Å². The molecular weight excluding hydrogens is 402 g/mol. The molecule has 0 amide bonds. The van der Waals surface area contributed by atoms with Crippen LogP contribution in [0.4, 0.5) is 0 Å². The summed E-state index contributed by atoms with van der Waals surface area (Å²) < 4.78 is 32.6. The summed E-state index contributed by atoms with van der Waals surface area (Å²) in [7, 11) is 0.137. The number of aromatic nitrogens is 5. The summed E-state index contributed by atoms with van der Waals surface area (Å²) >= 11 is 0. The molecule has 9 heteroatoms. The Morgan fingerprint density at radius 2 is 1.80 bits per heavy atom. The van der Waals surface area contributed by atoms with Crippen LogP contribution in [-0.4, -0.2) is 52.3 Å². The van der Waals surface area contributed by atoms with Crippen molar-refractivity contribution in [2.45, 2.75) is 76.6 Å². The number of aromatic amines is 1. The van der Waals surface area contributed by atoms with Crippen molar-refractivity contribution in [1.29, 1.82) is 0 Å². The van der Waals surface area contributed by atoms with Crippen molar-refractivity contribution in [1.82, 2.24) is 25.0 Å². The van der Waals surface area contributed by atoms with E-state index >= 15 is 0 Å². The molecular formula is C21H35N5O3S. The molecule has 2 heterocycles. The molecule has 0 spiro atoms. The molecule has 2 aromatic rings. The Bertz CT molecular complexity index is 977. The highest BCUT2D eigenvalue weighted by atomic mass is 32.2. The number of hydrogen-bond donors (Lipinski definition) is 1. The number of nitrogens with one attached hydrogen (secondary N) is 1. The largest absolute Gasteiger partial charge is 0.381 e. The molecule has 1 aliphatic carbocycles. The molecule has 0 aromatic carbocycles. The lowest BCUT2D eigenvalue weighted by atomic mass is 9.89. The normalized spacial score (nSPS) is 21.2. The average molecular weight is 438 g/mol. The predicted octanol–water partition coefficient (Wildman–Crippen LogP) is 3.36. The second-order valence-electron chi connectivity index (χ2n) is 9.97. The summed E-state index contributed by atoms with van der Waals surface area (Å²) in [4.78, 5) is 4.57. The molecule has 0 radical (unpaired) electrons. The molecule has 1 aliphatic rings. The average Bonchev–Trinajstić information content (AvgIpc) is 3.28. The molecule has 1 saturated carbocycles. The van der Waals surface area contributed by atoms with Crippen molar-refractivity contribution in [2.24, 2.45) is 13.0 Å². The van der Waals surface area contributed by atoms with Gasteiger partial charge >= 0.3 is 0 Å². The van der Waals surface area contributed by atoms with Gasteiger partial charge in [0.2, 0.25) is 0 Å². The zero-order valence-electron chi connectivity index (χ0n) is 19.2. The van der Waals surface area contributed by atoms with Gasteiger partial charge in [-0.05, 0) is 51.5 Å². The van der Waals surface area contributed by atoms with Gasteiger partial charge in [0.1, 0.15) is 16.3 Å². The Kier molecular flexibility index (Phi) is 6.17. The number of hydrogen-bond acceptors (Lipinski definition) is 6. The van der Waals surface area contributed by atoms with E-state index in [1.54, 1.807) is 25.6 Å². The van der Waals surface area contributed by atoms with Crippen molar-refractivity contribution in [3.63, 3.8) is 0 Å². The molecule has 0 unspecified atom stereocenters. The number of sulfone groups is 1. The number of H-pyrrole nitrogens is 1. The molecule has 1 N–H and O–H groups in total. The zero-order chi connectivity index (χ0) is 22.3. The van der Waals surface area contributed by atoms with Gasteiger partial charge < -0.3 is 4.74 Å². The van der Waals surface area contributed by atoms with Crippen molar-refractivity contribution in [2.75, 3.05) is 12.9 Å². The fraction of sp³-hybridized carbons (Fsp3) is 0.762. The second-order valence-corrected chi connectivity index (χ2v) is 12.5. The monoisotopic (exact) mass is 437 g/mol. The third-order valence-corrected chi connectivity index (χ3v) is 8.95. The Labute approximate surface area is 179 Å². The van der Waals surface area contributed by atoms with E-state index in [4.69, 9.17) is 4.74 Å². The minimum absolute atomic E-state index is 0.0976. The van der Waals surface area contributed by atoms with E-state index in [0.29, 0.717) is 11.6 Å². The molecule has 8 nitrogen and oxygen atoms in total. The maximum Gasteiger partial charge on any atom is 0.199 e. The van der Waals surface area contributed by atoms with Crippen LogP contribution >= 0.6 is 0 Å². The highest BCUT2D eigenvalue weighted by molar-refractivity contribution is 7.92. The molecule has 0 atom stereocenters. The molecule has 0 saturated heterocycles. The number of nitrogens with zero attached hydrogens (tertiary/aromatic N) is 4. The summed E-state index contributed by atoms with van der Waals surface area (Å²) in [6.07, 6.45) is 3.84. The molecule has 0 bridgehead atoms. The number of aryl methyl sites for hydroxylation is 1. The first kappa shape index (κ1) is 22.9. The fourth-order valence-electron chi connectivity index (χ4n) is 3.89. The zero-order valence-corrected chi connectivity index (χ0v) is 20.0. The molecule has 1 fully saturated rings. The predicted molar refractivity (Wildman–Crippen MR) is 117 cm³/mol. The summed E-state index contributed by atoms with van der Waals surface area (Å²) in [5, 5.41) is 11.8. The van der Waals surface area contributed by atoms with Gasteiger partial charge in [-0.15, -0.1) is 0 Å². The Hall–Kier alpha value is -1.74. The Balaban J connectivity index is 1.80. The lowest BCUT2D eigenvalue weighted by Crippen LogP contribution is -2.36. The lowest BCUT2D eigenvalue weighted by Gasteiger charge is -2.30. The van der Waals surface area contributed by atoms with E-state index in [2.05, 4.69) is 41.1 Å². The van der Waals surface area contributed by atoms with Crippen LogP contribution in [0.5, 0.6) is 0 Å². The van der Waals surface area contributed by atoms with E-state index in [-0.39, 0.29) is 23.2 Å². The van der Waals surface area contributed by atoms with E-state index in [0.717, 1.165) is 37.1 Å². The second kappa shape index (κ2) is 8.07. The van der Waals surface area contributed by atoms with Gasteiger partial charge in [-0.3, -0.25) is 9.78 Å². The van der Waals surface area contributed by atoms with Crippen LogP contribution in [0.15, 0.2) is 6.07 Å². The van der Waals surface area contributed by atoms with Gasteiger partial charge in [0.25, 0.3) is 0 Å². The third-order valence-electron chi connectivity index (χ3n) is 6.29.